The van der Waals surface area contributed by atoms with E-state index in [0.29, 0.717) is 19.6 Å². The molecule has 0 radical (unpaired) electrons. The number of hydrogen-bond acceptors (Lipinski definition) is 4. The Morgan fingerprint density at radius 3 is 2.67 bits per heavy atom. The zero-order valence-corrected chi connectivity index (χ0v) is 13.3. The van der Waals surface area contributed by atoms with Crippen LogP contribution in [0, 0.1) is 5.82 Å². The molecule has 1 aliphatic heterocycles. The highest BCUT2D eigenvalue weighted by Gasteiger charge is 2.32. The highest BCUT2D eigenvalue weighted by Crippen LogP contribution is 2.28. The van der Waals surface area contributed by atoms with Crippen LogP contribution in [0.25, 0.3) is 0 Å². The maximum Gasteiger partial charge on any atom is 0.262 e. The topological polar surface area (TPSA) is 72.5 Å². The van der Waals surface area contributed by atoms with Gasteiger partial charge >= 0.3 is 0 Å². The second-order valence-electron chi connectivity index (χ2n) is 5.02. The zero-order valence-electron chi connectivity index (χ0n) is 11.0. The SMILES string of the molecule is CC1(NC(=O)c2cc(S(=O)(=O)Cl)c(Cl)cc2F)CCOC1. The second kappa shape index (κ2) is 5.72. The molecular weight excluding hydrogens is 344 g/mol. The van der Waals surface area contributed by atoms with Crippen LogP contribution >= 0.6 is 22.3 Å². The zero-order chi connectivity index (χ0) is 15.8. The largest absolute Gasteiger partial charge is 0.379 e. The van der Waals surface area contributed by atoms with Crippen LogP contribution in [0.15, 0.2) is 17.0 Å². The Kier molecular flexibility index (Phi) is 4.49. The first-order valence-corrected chi connectivity index (χ1v) is 8.65. The molecule has 1 unspecified atom stereocenters. The molecule has 1 N–H and O–H groups in total. The predicted octanol–water partition coefficient (Wildman–Crippen LogP) is 2.32. The number of ether oxygens (including phenoxy) is 1. The number of hydrogen-bond donors (Lipinski definition) is 1. The summed E-state index contributed by atoms with van der Waals surface area (Å²) in [6.45, 7) is 2.54. The van der Waals surface area contributed by atoms with E-state index in [4.69, 9.17) is 27.0 Å². The standard InChI is InChI=1S/C12H12Cl2FNO4S/c1-12(2-3-20-6-12)16-11(17)7-4-10(21(14,18)19)8(13)5-9(7)15/h4-5H,2-3,6H2,1H3,(H,16,17). The van der Waals surface area contributed by atoms with Crippen LogP contribution in [-0.4, -0.2) is 33.1 Å². The van der Waals surface area contributed by atoms with Gasteiger partial charge in [0.25, 0.3) is 15.0 Å². The number of carbonyl (C=O) groups is 1. The minimum Gasteiger partial charge on any atom is -0.379 e. The third kappa shape index (κ3) is 3.66. The fourth-order valence-electron chi connectivity index (χ4n) is 2.00. The maximum absolute atomic E-state index is 13.9. The molecule has 5 nitrogen and oxygen atoms in total. The van der Waals surface area contributed by atoms with E-state index in [1.165, 1.54) is 0 Å². The number of carbonyl (C=O) groups excluding carboxylic acids is 1. The third-order valence-corrected chi connectivity index (χ3v) is 4.95. The maximum atomic E-state index is 13.9. The highest BCUT2D eigenvalue weighted by molar-refractivity contribution is 8.13. The predicted molar refractivity (Wildman–Crippen MR) is 75.8 cm³/mol. The molecule has 1 heterocycles. The average Bonchev–Trinajstić information content (AvgIpc) is 2.73. The van der Waals surface area contributed by atoms with Crippen molar-refractivity contribution in [3.8, 4) is 0 Å². The van der Waals surface area contributed by atoms with Crippen LogP contribution in [0.2, 0.25) is 5.02 Å². The summed E-state index contributed by atoms with van der Waals surface area (Å²) in [7, 11) is 1.02. The Labute approximate surface area is 130 Å². The Morgan fingerprint density at radius 2 is 2.14 bits per heavy atom. The van der Waals surface area contributed by atoms with Crippen molar-refractivity contribution in [1.29, 1.82) is 0 Å². The molecule has 2 rings (SSSR count). The lowest BCUT2D eigenvalue weighted by Gasteiger charge is -2.23. The van der Waals surface area contributed by atoms with Crippen molar-refractivity contribution in [3.05, 3.63) is 28.5 Å². The summed E-state index contributed by atoms with van der Waals surface area (Å²) < 4.78 is 41.7. The van der Waals surface area contributed by atoms with Gasteiger partial charge in [0, 0.05) is 17.3 Å². The van der Waals surface area contributed by atoms with E-state index in [-0.39, 0.29) is 5.02 Å². The Bertz CT molecular complexity index is 687. The van der Waals surface area contributed by atoms with E-state index in [9.17, 15) is 17.6 Å². The van der Waals surface area contributed by atoms with Gasteiger partial charge in [-0.1, -0.05) is 11.6 Å². The fraction of sp³-hybridized carbons (Fsp3) is 0.417. The molecule has 1 saturated heterocycles. The summed E-state index contributed by atoms with van der Waals surface area (Å²) in [5.41, 5.74) is -1.06. The number of nitrogens with one attached hydrogen (secondary N) is 1. The van der Waals surface area contributed by atoms with Gasteiger partial charge < -0.3 is 10.1 Å². The highest BCUT2D eigenvalue weighted by atomic mass is 35.7. The van der Waals surface area contributed by atoms with E-state index < -0.39 is 36.8 Å². The van der Waals surface area contributed by atoms with Gasteiger partial charge in [0.15, 0.2) is 0 Å². The van der Waals surface area contributed by atoms with E-state index in [1.807, 2.05) is 0 Å². The van der Waals surface area contributed by atoms with Gasteiger partial charge in [0.2, 0.25) is 0 Å². The molecule has 1 fully saturated rings. The number of benzene rings is 1. The molecule has 0 aromatic heterocycles. The van der Waals surface area contributed by atoms with E-state index in [2.05, 4.69) is 5.32 Å². The summed E-state index contributed by atoms with van der Waals surface area (Å²) in [6, 6.07) is 1.58. The molecule has 0 saturated carbocycles. The summed E-state index contributed by atoms with van der Waals surface area (Å²) in [5.74, 6) is -1.68. The summed E-state index contributed by atoms with van der Waals surface area (Å²) in [4.78, 5) is 11.6. The molecule has 0 spiro atoms. The molecule has 1 aliphatic rings. The van der Waals surface area contributed by atoms with Crippen LogP contribution in [-0.2, 0) is 13.8 Å². The molecule has 1 atom stereocenters. The van der Waals surface area contributed by atoms with Crippen molar-refractivity contribution in [1.82, 2.24) is 5.32 Å². The first kappa shape index (κ1) is 16.5. The van der Waals surface area contributed by atoms with E-state index in [0.717, 1.165) is 12.1 Å². The smallest absolute Gasteiger partial charge is 0.262 e. The first-order valence-electron chi connectivity index (χ1n) is 5.96. The van der Waals surface area contributed by atoms with Crippen LogP contribution < -0.4 is 5.32 Å². The molecule has 0 aliphatic carbocycles. The minimum atomic E-state index is -4.18. The lowest BCUT2D eigenvalue weighted by molar-refractivity contribution is 0.0885. The third-order valence-electron chi connectivity index (χ3n) is 3.16. The van der Waals surface area contributed by atoms with Gasteiger partial charge in [-0.15, -0.1) is 0 Å². The van der Waals surface area contributed by atoms with Crippen molar-refractivity contribution in [2.45, 2.75) is 23.8 Å². The Balaban J connectivity index is 2.37. The molecular formula is C12H12Cl2FNO4S. The number of rotatable bonds is 3. The molecule has 0 bridgehead atoms. The minimum absolute atomic E-state index is 0.300. The molecule has 1 amide bonds. The fourth-order valence-corrected chi connectivity index (χ4v) is 3.50. The summed E-state index contributed by atoms with van der Waals surface area (Å²) in [6.07, 6.45) is 0.578. The molecule has 21 heavy (non-hydrogen) atoms. The van der Waals surface area contributed by atoms with Crippen molar-refractivity contribution in [3.63, 3.8) is 0 Å². The average molecular weight is 356 g/mol. The van der Waals surface area contributed by atoms with Gasteiger partial charge in [-0.2, -0.15) is 0 Å². The normalized spacial score (nSPS) is 22.3. The quantitative estimate of drug-likeness (QED) is 0.844. The molecule has 1 aromatic rings. The summed E-state index contributed by atoms with van der Waals surface area (Å²) in [5, 5.41) is 2.25. The lowest BCUT2D eigenvalue weighted by atomic mass is 10.0. The monoisotopic (exact) mass is 355 g/mol. The van der Waals surface area contributed by atoms with Crippen LogP contribution in [0.1, 0.15) is 23.7 Å². The van der Waals surface area contributed by atoms with E-state index in [1.54, 1.807) is 6.92 Å². The van der Waals surface area contributed by atoms with Gasteiger partial charge in [-0.05, 0) is 25.5 Å². The molecule has 1 aromatic carbocycles. The van der Waals surface area contributed by atoms with Crippen molar-refractivity contribution < 1.29 is 22.3 Å². The lowest BCUT2D eigenvalue weighted by Crippen LogP contribution is -2.46. The Morgan fingerprint density at radius 1 is 1.48 bits per heavy atom. The van der Waals surface area contributed by atoms with Crippen molar-refractivity contribution in [2.75, 3.05) is 13.2 Å². The van der Waals surface area contributed by atoms with Gasteiger partial charge in [0.1, 0.15) is 10.7 Å². The van der Waals surface area contributed by atoms with E-state index >= 15 is 0 Å². The first-order chi connectivity index (χ1) is 9.62. The Hall–Kier alpha value is -0.890. The van der Waals surface area contributed by atoms with Crippen molar-refractivity contribution in [2.24, 2.45) is 0 Å². The second-order valence-corrected chi connectivity index (χ2v) is 7.96. The van der Waals surface area contributed by atoms with Crippen molar-refractivity contribution >= 4 is 37.2 Å². The van der Waals surface area contributed by atoms with Gasteiger partial charge in [-0.3, -0.25) is 4.79 Å². The number of halogens is 3. The van der Waals surface area contributed by atoms with Gasteiger partial charge in [0.05, 0.1) is 22.7 Å². The molecule has 116 valence electrons. The van der Waals surface area contributed by atoms with Crippen LogP contribution in [0.5, 0.6) is 0 Å². The van der Waals surface area contributed by atoms with Crippen LogP contribution in [0.4, 0.5) is 4.39 Å². The van der Waals surface area contributed by atoms with Gasteiger partial charge in [-0.25, -0.2) is 12.8 Å². The molecule has 9 heteroatoms. The number of amides is 1. The summed E-state index contributed by atoms with van der Waals surface area (Å²) >= 11 is 5.63. The van der Waals surface area contributed by atoms with Crippen LogP contribution in [0.3, 0.4) is 0 Å².